The predicted octanol–water partition coefficient (Wildman–Crippen LogP) is 3.67. The van der Waals surface area contributed by atoms with Crippen LogP contribution in [0.25, 0.3) is 11.5 Å². The Bertz CT molecular complexity index is 1080. The number of nitrogens with one attached hydrogen (secondary N) is 2. The summed E-state index contributed by atoms with van der Waals surface area (Å²) in [4.78, 5) is 3.23. The van der Waals surface area contributed by atoms with Crippen molar-refractivity contribution >= 4 is 15.7 Å². The van der Waals surface area contributed by atoms with Crippen LogP contribution in [-0.2, 0) is 10.0 Å². The molecule has 7 nitrogen and oxygen atoms in total. The monoisotopic (exact) mass is 372 g/mol. The van der Waals surface area contributed by atoms with Gasteiger partial charge in [-0.3, -0.25) is 4.72 Å². The number of aromatic nitrogens is 3. The van der Waals surface area contributed by atoms with Gasteiger partial charge in [0, 0.05) is 17.3 Å². The average Bonchev–Trinajstić information content (AvgIpc) is 3.23. The lowest BCUT2D eigenvalue weighted by Crippen LogP contribution is -2.15. The van der Waals surface area contributed by atoms with Gasteiger partial charge in [0.2, 0.25) is 5.89 Å². The summed E-state index contributed by atoms with van der Waals surface area (Å²) in [5.74, 6) is 1.12. The Hall–Kier alpha value is -2.61. The molecule has 0 bridgehead atoms. The van der Waals surface area contributed by atoms with Gasteiger partial charge in [-0.25, -0.2) is 8.42 Å². The van der Waals surface area contributed by atoms with E-state index in [1.165, 1.54) is 0 Å². The molecule has 1 saturated carbocycles. The third-order valence-corrected chi connectivity index (χ3v) is 6.09. The number of nitrogens with zero attached hydrogens (tertiary/aromatic N) is 2. The molecule has 0 radical (unpaired) electrons. The van der Waals surface area contributed by atoms with Gasteiger partial charge in [-0.2, -0.15) is 0 Å². The molecule has 0 aliphatic heterocycles. The molecule has 8 heteroatoms. The zero-order valence-electron chi connectivity index (χ0n) is 14.8. The van der Waals surface area contributed by atoms with E-state index < -0.39 is 10.0 Å². The first kappa shape index (κ1) is 16.8. The van der Waals surface area contributed by atoms with Crippen molar-refractivity contribution in [1.82, 2.24) is 15.2 Å². The molecule has 2 aromatic heterocycles. The maximum absolute atomic E-state index is 13.1. The lowest BCUT2D eigenvalue weighted by Gasteiger charge is -2.11. The lowest BCUT2D eigenvalue weighted by molar-refractivity contribution is 0.507. The number of hydrogen-bond acceptors (Lipinski definition) is 5. The highest BCUT2D eigenvalue weighted by Crippen LogP contribution is 2.41. The normalized spacial score (nSPS) is 14.6. The van der Waals surface area contributed by atoms with Crippen molar-refractivity contribution in [3.8, 4) is 11.5 Å². The van der Waals surface area contributed by atoms with Gasteiger partial charge in [0.25, 0.3) is 15.9 Å². The van der Waals surface area contributed by atoms with Gasteiger partial charge in [0.15, 0.2) is 0 Å². The minimum absolute atomic E-state index is 0.143. The topological polar surface area (TPSA) is 101 Å². The van der Waals surface area contributed by atoms with Crippen molar-refractivity contribution in [3.05, 3.63) is 47.1 Å². The van der Waals surface area contributed by atoms with Crippen LogP contribution >= 0.6 is 0 Å². The summed E-state index contributed by atoms with van der Waals surface area (Å²) in [5, 5.41) is 8.17. The summed E-state index contributed by atoms with van der Waals surface area (Å²) >= 11 is 0. The van der Waals surface area contributed by atoms with Crippen LogP contribution in [0.2, 0.25) is 0 Å². The van der Waals surface area contributed by atoms with Crippen molar-refractivity contribution in [3.63, 3.8) is 0 Å². The van der Waals surface area contributed by atoms with Crippen LogP contribution in [0.4, 0.5) is 5.69 Å². The maximum Gasteiger partial charge on any atom is 0.264 e. The van der Waals surface area contributed by atoms with E-state index in [-0.39, 0.29) is 10.8 Å². The third kappa shape index (κ3) is 2.90. The van der Waals surface area contributed by atoms with E-state index in [2.05, 4.69) is 19.9 Å². The Morgan fingerprint density at radius 3 is 2.54 bits per heavy atom. The van der Waals surface area contributed by atoms with Gasteiger partial charge < -0.3 is 9.40 Å². The van der Waals surface area contributed by atoms with Crippen LogP contribution in [-0.4, -0.2) is 23.6 Å². The molecule has 1 aliphatic carbocycles. The van der Waals surface area contributed by atoms with Crippen LogP contribution in [0.3, 0.4) is 0 Å². The molecule has 0 atom stereocenters. The number of aryl methyl sites for hydroxylation is 3. The molecule has 1 aromatic carbocycles. The Morgan fingerprint density at radius 2 is 1.85 bits per heavy atom. The molecule has 4 rings (SSSR count). The molecule has 26 heavy (non-hydrogen) atoms. The number of anilines is 1. The number of H-pyrrole nitrogens is 1. The average molecular weight is 372 g/mol. The van der Waals surface area contributed by atoms with Crippen molar-refractivity contribution in [2.75, 3.05) is 4.72 Å². The van der Waals surface area contributed by atoms with Gasteiger partial charge in [0.05, 0.1) is 11.3 Å². The van der Waals surface area contributed by atoms with Crippen LogP contribution in [0.1, 0.15) is 41.6 Å². The number of sulfonamides is 1. The Balaban J connectivity index is 1.79. The standard InChI is InChI=1S/C18H20N4O3S/c1-10-6-4-5-7-14(10)22-26(23,24)16-12(3)19-11(2)15(16)18-21-20-17(25-18)13-8-9-13/h4-7,13,19,22H,8-9H2,1-3H3. The minimum Gasteiger partial charge on any atom is -0.420 e. The number of rotatable bonds is 5. The van der Waals surface area contributed by atoms with E-state index in [1.54, 1.807) is 26.0 Å². The zero-order chi connectivity index (χ0) is 18.5. The Morgan fingerprint density at radius 1 is 1.12 bits per heavy atom. The second-order valence-electron chi connectivity index (χ2n) is 6.72. The molecule has 2 heterocycles. The Labute approximate surface area is 151 Å². The molecule has 0 spiro atoms. The summed E-state index contributed by atoms with van der Waals surface area (Å²) in [6, 6.07) is 7.25. The largest absolute Gasteiger partial charge is 0.420 e. The highest BCUT2D eigenvalue weighted by atomic mass is 32.2. The first-order chi connectivity index (χ1) is 12.4. The second-order valence-corrected chi connectivity index (χ2v) is 8.34. The SMILES string of the molecule is Cc1ccccc1NS(=O)(=O)c1c(C)[nH]c(C)c1-c1nnc(C2CC2)o1. The van der Waals surface area contributed by atoms with Crippen molar-refractivity contribution in [1.29, 1.82) is 0 Å². The molecule has 1 fully saturated rings. The van der Waals surface area contributed by atoms with Gasteiger partial charge in [-0.15, -0.1) is 10.2 Å². The van der Waals surface area contributed by atoms with Crippen molar-refractivity contribution in [2.45, 2.75) is 44.4 Å². The van der Waals surface area contributed by atoms with Gasteiger partial charge in [-0.05, 0) is 45.2 Å². The first-order valence-corrected chi connectivity index (χ1v) is 9.96. The molecule has 2 N–H and O–H groups in total. The van der Waals surface area contributed by atoms with E-state index in [0.717, 1.165) is 18.4 Å². The molecule has 136 valence electrons. The lowest BCUT2D eigenvalue weighted by atomic mass is 10.2. The van der Waals surface area contributed by atoms with Crippen LogP contribution in [0, 0.1) is 20.8 Å². The van der Waals surface area contributed by atoms with E-state index in [1.807, 2.05) is 19.1 Å². The molecule has 0 saturated heterocycles. The smallest absolute Gasteiger partial charge is 0.264 e. The van der Waals surface area contributed by atoms with E-state index in [0.29, 0.717) is 34.4 Å². The van der Waals surface area contributed by atoms with Crippen LogP contribution in [0.5, 0.6) is 0 Å². The van der Waals surface area contributed by atoms with E-state index in [4.69, 9.17) is 4.42 Å². The number of aromatic amines is 1. The van der Waals surface area contributed by atoms with Crippen LogP contribution < -0.4 is 4.72 Å². The van der Waals surface area contributed by atoms with Crippen molar-refractivity contribution in [2.24, 2.45) is 0 Å². The molecule has 3 aromatic rings. The predicted molar refractivity (Wildman–Crippen MR) is 97.5 cm³/mol. The summed E-state index contributed by atoms with van der Waals surface area (Å²) in [5.41, 5.74) is 3.03. The minimum atomic E-state index is -3.83. The highest BCUT2D eigenvalue weighted by molar-refractivity contribution is 7.93. The van der Waals surface area contributed by atoms with Gasteiger partial charge in [-0.1, -0.05) is 18.2 Å². The molecular formula is C18H20N4O3S. The number of hydrogen-bond donors (Lipinski definition) is 2. The molecule has 0 amide bonds. The first-order valence-electron chi connectivity index (χ1n) is 8.48. The zero-order valence-corrected chi connectivity index (χ0v) is 15.6. The Kier molecular flexibility index (Phi) is 3.87. The fourth-order valence-corrected chi connectivity index (χ4v) is 4.65. The quantitative estimate of drug-likeness (QED) is 0.712. The van der Waals surface area contributed by atoms with E-state index in [9.17, 15) is 8.42 Å². The number of benzene rings is 1. The fourth-order valence-electron chi connectivity index (χ4n) is 3.07. The van der Waals surface area contributed by atoms with Gasteiger partial charge in [0.1, 0.15) is 4.90 Å². The highest BCUT2D eigenvalue weighted by Gasteiger charge is 2.33. The molecule has 1 aliphatic rings. The summed E-state index contributed by atoms with van der Waals surface area (Å²) < 4.78 is 34.7. The van der Waals surface area contributed by atoms with E-state index >= 15 is 0 Å². The van der Waals surface area contributed by atoms with Crippen LogP contribution in [0.15, 0.2) is 33.6 Å². The third-order valence-electron chi connectivity index (χ3n) is 4.56. The fraction of sp³-hybridized carbons (Fsp3) is 0.333. The molecule has 0 unspecified atom stereocenters. The second kappa shape index (κ2) is 5.98. The summed E-state index contributed by atoms with van der Waals surface area (Å²) in [6.45, 7) is 5.38. The maximum atomic E-state index is 13.1. The van der Waals surface area contributed by atoms with Crippen molar-refractivity contribution < 1.29 is 12.8 Å². The summed E-state index contributed by atoms with van der Waals surface area (Å²) in [7, 11) is -3.83. The summed E-state index contributed by atoms with van der Waals surface area (Å²) in [6.07, 6.45) is 2.07. The number of para-hydroxylation sites is 1. The molecular weight excluding hydrogens is 352 g/mol. The van der Waals surface area contributed by atoms with Gasteiger partial charge >= 0.3 is 0 Å².